The van der Waals surface area contributed by atoms with Crippen molar-refractivity contribution in [1.82, 2.24) is 14.7 Å². The second-order valence-corrected chi connectivity index (χ2v) is 6.42. The largest absolute Gasteiger partial charge is 0.309 e. The predicted octanol–water partition coefficient (Wildman–Crippen LogP) is 0.941. The smallest absolute Gasteiger partial charge is 0.258 e. The molecule has 2 heterocycles. The van der Waals surface area contributed by atoms with Gasteiger partial charge in [0.2, 0.25) is 0 Å². The Hall–Kier alpha value is -1.53. The molecule has 6 heteroatoms. The molecular formula is C14H19N3O2S. The average Bonchev–Trinajstić information content (AvgIpc) is 2.43. The Bertz CT molecular complexity index is 669. The molecule has 0 amide bonds. The van der Waals surface area contributed by atoms with Crippen molar-refractivity contribution in [3.63, 3.8) is 0 Å². The summed E-state index contributed by atoms with van der Waals surface area (Å²) >= 11 is 0. The molecule has 0 fully saturated rings. The molecule has 2 atom stereocenters. The number of rotatable bonds is 6. The molecule has 2 unspecified atom stereocenters. The van der Waals surface area contributed by atoms with Crippen LogP contribution in [0.2, 0.25) is 0 Å². The Morgan fingerprint density at radius 3 is 3.00 bits per heavy atom. The van der Waals surface area contributed by atoms with E-state index in [1.165, 1.54) is 4.40 Å². The summed E-state index contributed by atoms with van der Waals surface area (Å²) in [5.74, 6) is 0.683. The van der Waals surface area contributed by atoms with E-state index in [0.29, 0.717) is 17.9 Å². The Balaban J connectivity index is 2.03. The highest BCUT2D eigenvalue weighted by Crippen LogP contribution is 2.00. The zero-order valence-corrected chi connectivity index (χ0v) is 12.5. The molecule has 0 saturated heterocycles. The topological polar surface area (TPSA) is 63.5 Å². The van der Waals surface area contributed by atoms with E-state index in [1.807, 2.05) is 19.1 Å². The highest BCUT2D eigenvalue weighted by atomic mass is 32.2. The van der Waals surface area contributed by atoms with Crippen LogP contribution in [0.4, 0.5) is 0 Å². The van der Waals surface area contributed by atoms with Gasteiger partial charge in [-0.2, -0.15) is 0 Å². The van der Waals surface area contributed by atoms with E-state index in [0.717, 1.165) is 12.1 Å². The van der Waals surface area contributed by atoms with Crippen LogP contribution in [-0.4, -0.2) is 31.6 Å². The van der Waals surface area contributed by atoms with E-state index in [9.17, 15) is 9.00 Å². The minimum atomic E-state index is -0.765. The van der Waals surface area contributed by atoms with Gasteiger partial charge in [-0.25, -0.2) is 4.98 Å². The molecule has 0 aliphatic heterocycles. The van der Waals surface area contributed by atoms with E-state index < -0.39 is 10.8 Å². The number of hydrogen-bond acceptors (Lipinski definition) is 4. The third-order valence-electron chi connectivity index (χ3n) is 3.09. The van der Waals surface area contributed by atoms with E-state index in [2.05, 4.69) is 10.3 Å². The van der Waals surface area contributed by atoms with Gasteiger partial charge in [-0.15, -0.1) is 0 Å². The Kier molecular flexibility index (Phi) is 5.03. The molecule has 1 N–H and O–H groups in total. The van der Waals surface area contributed by atoms with Crippen LogP contribution in [0.25, 0.3) is 5.65 Å². The molecule has 0 saturated carbocycles. The van der Waals surface area contributed by atoms with Gasteiger partial charge in [0.25, 0.3) is 5.56 Å². The Morgan fingerprint density at radius 2 is 2.25 bits per heavy atom. The van der Waals surface area contributed by atoms with E-state index in [1.54, 1.807) is 24.6 Å². The molecular weight excluding hydrogens is 274 g/mol. The first-order chi connectivity index (χ1) is 9.56. The SMILES string of the molecule is CC(CCS(C)=O)NCc1cc(=O)n2ccccc2n1. The molecule has 2 aromatic rings. The van der Waals surface area contributed by atoms with Crippen molar-refractivity contribution >= 4 is 16.4 Å². The van der Waals surface area contributed by atoms with E-state index in [-0.39, 0.29) is 11.6 Å². The third kappa shape index (κ3) is 3.98. The lowest BCUT2D eigenvalue weighted by Crippen LogP contribution is -2.28. The molecule has 0 aliphatic carbocycles. The number of nitrogens with one attached hydrogen (secondary N) is 1. The van der Waals surface area contributed by atoms with Crippen molar-refractivity contribution in [3.8, 4) is 0 Å². The van der Waals surface area contributed by atoms with Gasteiger partial charge in [0.1, 0.15) is 5.65 Å². The molecule has 20 heavy (non-hydrogen) atoms. The van der Waals surface area contributed by atoms with Gasteiger partial charge < -0.3 is 5.32 Å². The van der Waals surface area contributed by atoms with Gasteiger partial charge in [0, 0.05) is 47.7 Å². The Morgan fingerprint density at radius 1 is 1.45 bits per heavy atom. The zero-order chi connectivity index (χ0) is 14.5. The summed E-state index contributed by atoms with van der Waals surface area (Å²) in [6, 6.07) is 7.27. The normalized spacial score (nSPS) is 14.3. The first kappa shape index (κ1) is 14.9. The maximum atomic E-state index is 11.9. The summed E-state index contributed by atoms with van der Waals surface area (Å²) in [6.07, 6.45) is 4.26. The molecule has 5 nitrogen and oxygen atoms in total. The molecule has 0 spiro atoms. The maximum Gasteiger partial charge on any atom is 0.258 e. The molecule has 0 radical (unpaired) electrons. The van der Waals surface area contributed by atoms with Gasteiger partial charge in [0.05, 0.1) is 5.69 Å². The van der Waals surface area contributed by atoms with Crippen molar-refractivity contribution in [2.45, 2.75) is 25.9 Å². The lowest BCUT2D eigenvalue weighted by molar-refractivity contribution is 0.529. The fourth-order valence-electron chi connectivity index (χ4n) is 1.92. The quantitative estimate of drug-likeness (QED) is 0.861. The summed E-state index contributed by atoms with van der Waals surface area (Å²) < 4.78 is 12.6. The average molecular weight is 293 g/mol. The van der Waals surface area contributed by atoms with Crippen LogP contribution in [0, 0.1) is 0 Å². The van der Waals surface area contributed by atoms with Crippen molar-refractivity contribution in [2.75, 3.05) is 12.0 Å². The number of fused-ring (bicyclic) bond motifs is 1. The summed E-state index contributed by atoms with van der Waals surface area (Å²) in [7, 11) is -0.765. The summed E-state index contributed by atoms with van der Waals surface area (Å²) in [5.41, 5.74) is 1.31. The van der Waals surface area contributed by atoms with Crippen LogP contribution < -0.4 is 10.9 Å². The Labute approximate surface area is 120 Å². The van der Waals surface area contributed by atoms with Crippen LogP contribution in [0.15, 0.2) is 35.3 Å². The van der Waals surface area contributed by atoms with Crippen molar-refractivity contribution in [3.05, 3.63) is 46.5 Å². The van der Waals surface area contributed by atoms with Gasteiger partial charge in [-0.3, -0.25) is 13.4 Å². The third-order valence-corrected chi connectivity index (χ3v) is 3.90. The van der Waals surface area contributed by atoms with Crippen molar-refractivity contribution in [1.29, 1.82) is 0 Å². The van der Waals surface area contributed by atoms with E-state index in [4.69, 9.17) is 0 Å². The van der Waals surface area contributed by atoms with Gasteiger partial charge in [0.15, 0.2) is 0 Å². The highest BCUT2D eigenvalue weighted by molar-refractivity contribution is 7.84. The first-order valence-corrected chi connectivity index (χ1v) is 8.29. The first-order valence-electron chi connectivity index (χ1n) is 6.57. The molecule has 108 valence electrons. The second-order valence-electron chi connectivity index (χ2n) is 4.86. The van der Waals surface area contributed by atoms with Gasteiger partial charge in [-0.05, 0) is 25.5 Å². The fraction of sp³-hybridized carbons (Fsp3) is 0.429. The molecule has 2 rings (SSSR count). The minimum absolute atomic E-state index is 0.0743. The zero-order valence-electron chi connectivity index (χ0n) is 11.7. The number of aromatic nitrogens is 2. The summed E-state index contributed by atoms with van der Waals surface area (Å²) in [4.78, 5) is 16.4. The predicted molar refractivity (Wildman–Crippen MR) is 81.3 cm³/mol. The van der Waals surface area contributed by atoms with Gasteiger partial charge >= 0.3 is 0 Å². The van der Waals surface area contributed by atoms with Crippen LogP contribution in [0.3, 0.4) is 0 Å². The lowest BCUT2D eigenvalue weighted by Gasteiger charge is -2.12. The molecule has 0 aromatic carbocycles. The minimum Gasteiger partial charge on any atom is -0.309 e. The highest BCUT2D eigenvalue weighted by Gasteiger charge is 2.05. The van der Waals surface area contributed by atoms with Crippen molar-refractivity contribution in [2.24, 2.45) is 0 Å². The monoisotopic (exact) mass is 293 g/mol. The molecule has 0 bridgehead atoms. The molecule has 2 aromatic heterocycles. The lowest BCUT2D eigenvalue weighted by atomic mass is 10.2. The standard InChI is InChI=1S/C14H19N3O2S/c1-11(6-8-20(2)19)15-10-12-9-14(18)17-7-4-3-5-13(17)16-12/h3-5,7,9,11,15H,6,8,10H2,1-2H3. The van der Waals surface area contributed by atoms with Gasteiger partial charge in [-0.1, -0.05) is 6.07 Å². The van der Waals surface area contributed by atoms with Crippen LogP contribution in [-0.2, 0) is 17.3 Å². The summed E-state index contributed by atoms with van der Waals surface area (Å²) in [5, 5.41) is 3.30. The molecule has 0 aliphatic rings. The fourth-order valence-corrected chi connectivity index (χ4v) is 2.60. The summed E-state index contributed by atoms with van der Waals surface area (Å²) in [6.45, 7) is 2.58. The van der Waals surface area contributed by atoms with Crippen LogP contribution in [0.1, 0.15) is 19.0 Å². The number of pyridine rings is 1. The maximum absolute atomic E-state index is 11.9. The second kappa shape index (κ2) is 6.76. The van der Waals surface area contributed by atoms with E-state index >= 15 is 0 Å². The van der Waals surface area contributed by atoms with Crippen LogP contribution >= 0.6 is 0 Å². The van der Waals surface area contributed by atoms with Crippen LogP contribution in [0.5, 0.6) is 0 Å². The number of hydrogen-bond donors (Lipinski definition) is 1. The van der Waals surface area contributed by atoms with Crippen molar-refractivity contribution < 1.29 is 4.21 Å². The number of nitrogens with zero attached hydrogens (tertiary/aromatic N) is 2.